The summed E-state index contributed by atoms with van der Waals surface area (Å²) >= 11 is 0. The molecule has 4 nitrogen and oxygen atoms in total. The first-order valence-electron chi connectivity index (χ1n) is 8.36. The highest BCUT2D eigenvalue weighted by Gasteiger charge is 2.20. The zero-order valence-electron chi connectivity index (χ0n) is 14.0. The van der Waals surface area contributed by atoms with Gasteiger partial charge in [0.2, 0.25) is 0 Å². The van der Waals surface area contributed by atoms with Crippen LogP contribution in [0.4, 0.5) is 0 Å². The van der Waals surface area contributed by atoms with Crippen LogP contribution in [0.3, 0.4) is 0 Å². The Morgan fingerprint density at radius 1 is 1.09 bits per heavy atom. The van der Waals surface area contributed by atoms with Crippen LogP contribution in [0, 0.1) is 0 Å². The molecule has 2 rings (SSSR count). The van der Waals surface area contributed by atoms with Gasteiger partial charge in [0.05, 0.1) is 13.2 Å². The maximum absolute atomic E-state index is 5.75. The molecule has 1 aromatic carbocycles. The molecule has 1 saturated heterocycles. The minimum absolute atomic E-state index is 0.529. The van der Waals surface area contributed by atoms with E-state index in [1.54, 1.807) is 7.11 Å². The normalized spacial score (nSPS) is 18.5. The van der Waals surface area contributed by atoms with E-state index >= 15 is 0 Å². The predicted octanol–water partition coefficient (Wildman–Crippen LogP) is 2.25. The second-order valence-corrected chi connectivity index (χ2v) is 6.07. The molecule has 124 valence electrons. The summed E-state index contributed by atoms with van der Waals surface area (Å²) in [5.41, 5.74) is 1.25. The van der Waals surface area contributed by atoms with Crippen molar-refractivity contribution in [3.8, 4) is 0 Å². The van der Waals surface area contributed by atoms with Gasteiger partial charge < -0.3 is 14.4 Å². The van der Waals surface area contributed by atoms with Crippen LogP contribution in [0.25, 0.3) is 0 Å². The average Bonchev–Trinajstić information content (AvgIpc) is 2.56. The van der Waals surface area contributed by atoms with Crippen LogP contribution in [0.5, 0.6) is 0 Å². The van der Waals surface area contributed by atoms with Gasteiger partial charge in [-0.05, 0) is 18.9 Å². The molecule has 0 saturated carbocycles. The molecule has 1 fully saturated rings. The molecule has 0 unspecified atom stereocenters. The topological polar surface area (TPSA) is 24.9 Å². The lowest BCUT2D eigenvalue weighted by molar-refractivity contribution is 0.0511. The Morgan fingerprint density at radius 2 is 1.82 bits per heavy atom. The number of rotatable bonds is 9. The number of hydrogen-bond acceptors (Lipinski definition) is 4. The Hall–Kier alpha value is -0.940. The van der Waals surface area contributed by atoms with Crippen LogP contribution >= 0.6 is 0 Å². The van der Waals surface area contributed by atoms with Crippen LogP contribution in [0.1, 0.15) is 18.9 Å². The Morgan fingerprint density at radius 3 is 2.50 bits per heavy atom. The highest BCUT2D eigenvalue weighted by atomic mass is 16.5. The fourth-order valence-corrected chi connectivity index (χ4v) is 2.93. The summed E-state index contributed by atoms with van der Waals surface area (Å²) in [6.07, 6.45) is 1.11. The number of piperazine rings is 1. The van der Waals surface area contributed by atoms with Crippen molar-refractivity contribution in [1.29, 1.82) is 0 Å². The third-order valence-electron chi connectivity index (χ3n) is 4.31. The fraction of sp³-hybridized carbons (Fsp3) is 0.667. The van der Waals surface area contributed by atoms with Gasteiger partial charge in [-0.3, -0.25) is 4.90 Å². The molecule has 1 aliphatic heterocycles. The van der Waals surface area contributed by atoms with Gasteiger partial charge in [0.15, 0.2) is 0 Å². The molecular formula is C18H30N2O2. The van der Waals surface area contributed by atoms with Gasteiger partial charge in [-0.15, -0.1) is 0 Å². The number of nitrogens with zero attached hydrogens (tertiary/aromatic N) is 2. The van der Waals surface area contributed by atoms with Gasteiger partial charge in [0.1, 0.15) is 0 Å². The highest BCUT2D eigenvalue weighted by molar-refractivity contribution is 5.13. The quantitative estimate of drug-likeness (QED) is 0.653. The lowest BCUT2D eigenvalue weighted by Gasteiger charge is -2.37. The average molecular weight is 306 g/mol. The second-order valence-electron chi connectivity index (χ2n) is 6.07. The molecule has 0 radical (unpaired) electrons. The molecule has 1 aliphatic rings. The van der Waals surface area contributed by atoms with E-state index in [1.165, 1.54) is 5.56 Å². The third kappa shape index (κ3) is 6.05. The van der Waals surface area contributed by atoms with Gasteiger partial charge in [0.25, 0.3) is 0 Å². The number of benzene rings is 1. The minimum atomic E-state index is 0.529. The van der Waals surface area contributed by atoms with Crippen molar-refractivity contribution in [2.45, 2.75) is 26.0 Å². The SMILES string of the molecule is COC[C@@H](C)N1CCN(CCCOCc2ccccc2)CC1. The van der Waals surface area contributed by atoms with Gasteiger partial charge >= 0.3 is 0 Å². The molecule has 0 N–H and O–H groups in total. The van der Waals surface area contributed by atoms with Crippen molar-refractivity contribution in [2.24, 2.45) is 0 Å². The van der Waals surface area contributed by atoms with Crippen molar-refractivity contribution in [1.82, 2.24) is 9.80 Å². The molecule has 0 bridgehead atoms. The molecule has 1 atom stereocenters. The van der Waals surface area contributed by atoms with Crippen LogP contribution in [0.15, 0.2) is 30.3 Å². The summed E-state index contributed by atoms with van der Waals surface area (Å²) < 4.78 is 11.0. The molecular weight excluding hydrogens is 276 g/mol. The molecule has 0 aromatic heterocycles. The number of methoxy groups -OCH3 is 1. The van der Waals surface area contributed by atoms with E-state index in [-0.39, 0.29) is 0 Å². The van der Waals surface area contributed by atoms with E-state index < -0.39 is 0 Å². The molecule has 0 amide bonds. The Labute approximate surface area is 135 Å². The Bertz CT molecular complexity index is 391. The molecule has 1 heterocycles. The van der Waals surface area contributed by atoms with Crippen molar-refractivity contribution < 1.29 is 9.47 Å². The lowest BCUT2D eigenvalue weighted by Crippen LogP contribution is -2.50. The standard InChI is InChI=1S/C18H30N2O2/c1-17(15-21-2)20-12-10-19(11-13-20)9-6-14-22-16-18-7-4-3-5-8-18/h3-5,7-8,17H,6,9-16H2,1-2H3/t17-/m1/s1. The van der Waals surface area contributed by atoms with Gasteiger partial charge in [-0.1, -0.05) is 30.3 Å². The van der Waals surface area contributed by atoms with E-state index in [1.807, 2.05) is 6.07 Å². The first kappa shape index (κ1) is 17.4. The van der Waals surface area contributed by atoms with Crippen LogP contribution in [0.2, 0.25) is 0 Å². The van der Waals surface area contributed by atoms with E-state index in [2.05, 4.69) is 41.0 Å². The summed E-state index contributed by atoms with van der Waals surface area (Å²) in [6.45, 7) is 10.4. The van der Waals surface area contributed by atoms with Gasteiger partial charge in [-0.25, -0.2) is 0 Å². The lowest BCUT2D eigenvalue weighted by atomic mass is 10.2. The van der Waals surface area contributed by atoms with Crippen LogP contribution < -0.4 is 0 Å². The van der Waals surface area contributed by atoms with Gasteiger partial charge in [0, 0.05) is 52.5 Å². The maximum Gasteiger partial charge on any atom is 0.0716 e. The van der Waals surface area contributed by atoms with E-state index in [9.17, 15) is 0 Å². The molecule has 0 spiro atoms. The summed E-state index contributed by atoms with van der Waals surface area (Å²) in [5.74, 6) is 0. The van der Waals surface area contributed by atoms with E-state index in [4.69, 9.17) is 9.47 Å². The molecule has 1 aromatic rings. The fourth-order valence-electron chi connectivity index (χ4n) is 2.93. The third-order valence-corrected chi connectivity index (χ3v) is 4.31. The van der Waals surface area contributed by atoms with E-state index in [0.717, 1.165) is 59.0 Å². The van der Waals surface area contributed by atoms with Crippen molar-refractivity contribution in [3.05, 3.63) is 35.9 Å². The van der Waals surface area contributed by atoms with Crippen molar-refractivity contribution in [3.63, 3.8) is 0 Å². The zero-order valence-corrected chi connectivity index (χ0v) is 14.0. The largest absolute Gasteiger partial charge is 0.383 e. The zero-order chi connectivity index (χ0) is 15.6. The predicted molar refractivity (Wildman–Crippen MR) is 90.1 cm³/mol. The Kier molecular flexibility index (Phi) is 7.88. The van der Waals surface area contributed by atoms with Gasteiger partial charge in [-0.2, -0.15) is 0 Å². The summed E-state index contributed by atoms with van der Waals surface area (Å²) in [4.78, 5) is 5.06. The molecule has 0 aliphatic carbocycles. The smallest absolute Gasteiger partial charge is 0.0716 e. The first-order chi connectivity index (χ1) is 10.8. The summed E-state index contributed by atoms with van der Waals surface area (Å²) in [5, 5.41) is 0. The molecule has 22 heavy (non-hydrogen) atoms. The maximum atomic E-state index is 5.75. The summed E-state index contributed by atoms with van der Waals surface area (Å²) in [6, 6.07) is 10.9. The first-order valence-corrected chi connectivity index (χ1v) is 8.36. The molecule has 4 heteroatoms. The highest BCUT2D eigenvalue weighted by Crippen LogP contribution is 2.07. The number of hydrogen-bond donors (Lipinski definition) is 0. The van der Waals surface area contributed by atoms with Crippen LogP contribution in [-0.2, 0) is 16.1 Å². The van der Waals surface area contributed by atoms with Crippen molar-refractivity contribution >= 4 is 0 Å². The second kappa shape index (κ2) is 9.95. The van der Waals surface area contributed by atoms with E-state index in [0.29, 0.717) is 6.04 Å². The monoisotopic (exact) mass is 306 g/mol. The van der Waals surface area contributed by atoms with Crippen molar-refractivity contribution in [2.75, 3.05) is 53.0 Å². The van der Waals surface area contributed by atoms with Crippen LogP contribution in [-0.4, -0.2) is 68.9 Å². The summed E-state index contributed by atoms with van der Waals surface area (Å²) in [7, 11) is 1.78. The minimum Gasteiger partial charge on any atom is -0.383 e. The Balaban J connectivity index is 1.52. The number of ether oxygens (including phenoxy) is 2.